The summed E-state index contributed by atoms with van der Waals surface area (Å²) in [5.41, 5.74) is 4.54. The van der Waals surface area contributed by atoms with Gasteiger partial charge in [-0.3, -0.25) is 20.0 Å². The highest BCUT2D eigenvalue weighted by Crippen LogP contribution is 2.15. The minimum Gasteiger partial charge on any atom is -0.350 e. The molecular formula is C13H16N4O2. The van der Waals surface area contributed by atoms with Gasteiger partial charge in [0.15, 0.2) is 0 Å². The Morgan fingerprint density at radius 1 is 1.42 bits per heavy atom. The minimum absolute atomic E-state index is 0.0344. The van der Waals surface area contributed by atoms with Crippen LogP contribution in [0.15, 0.2) is 29.3 Å². The Kier molecular flexibility index (Phi) is 3.79. The maximum Gasteiger partial charge on any atom is 0.288 e. The van der Waals surface area contributed by atoms with E-state index >= 15 is 0 Å². The fourth-order valence-corrected chi connectivity index (χ4v) is 1.69. The molecule has 2 N–H and O–H groups in total. The van der Waals surface area contributed by atoms with Gasteiger partial charge in [0.2, 0.25) is 5.84 Å². The lowest BCUT2D eigenvalue weighted by Gasteiger charge is -2.27. The van der Waals surface area contributed by atoms with Crippen molar-refractivity contribution in [2.24, 2.45) is 4.99 Å². The Morgan fingerprint density at radius 2 is 2.11 bits per heavy atom. The highest BCUT2D eigenvalue weighted by atomic mass is 16.2. The third-order valence-corrected chi connectivity index (χ3v) is 2.68. The molecule has 1 aliphatic heterocycles. The largest absolute Gasteiger partial charge is 0.350 e. The van der Waals surface area contributed by atoms with Crippen LogP contribution in [0.5, 0.6) is 0 Å². The van der Waals surface area contributed by atoms with Gasteiger partial charge in [-0.2, -0.15) is 0 Å². The van der Waals surface area contributed by atoms with Crippen LogP contribution >= 0.6 is 0 Å². The van der Waals surface area contributed by atoms with Gasteiger partial charge in [-0.1, -0.05) is 17.7 Å². The van der Waals surface area contributed by atoms with Crippen molar-refractivity contribution in [3.05, 3.63) is 29.8 Å². The summed E-state index contributed by atoms with van der Waals surface area (Å²) < 4.78 is 0. The zero-order valence-electron chi connectivity index (χ0n) is 10.9. The van der Waals surface area contributed by atoms with E-state index in [4.69, 9.17) is 0 Å². The second-order valence-electron chi connectivity index (χ2n) is 4.20. The van der Waals surface area contributed by atoms with E-state index in [0.717, 1.165) is 5.56 Å². The highest BCUT2D eigenvalue weighted by Gasteiger charge is 2.24. The first kappa shape index (κ1) is 13.1. The van der Waals surface area contributed by atoms with Crippen molar-refractivity contribution >= 4 is 23.3 Å². The molecule has 0 saturated carbocycles. The van der Waals surface area contributed by atoms with Crippen LogP contribution in [-0.4, -0.2) is 30.7 Å². The second kappa shape index (κ2) is 5.51. The number of hydrazine groups is 1. The molecule has 100 valence electrons. The van der Waals surface area contributed by atoms with Crippen LogP contribution in [-0.2, 0) is 9.59 Å². The van der Waals surface area contributed by atoms with Crippen molar-refractivity contribution in [1.82, 2.24) is 10.7 Å². The Bertz CT molecular complexity index is 522. The number of carbonyl (C=O) groups excluding carboxylic acids is 2. The zero-order valence-corrected chi connectivity index (χ0v) is 10.9. The summed E-state index contributed by atoms with van der Waals surface area (Å²) in [5.74, 6) is -0.356. The van der Waals surface area contributed by atoms with Crippen molar-refractivity contribution in [3.63, 3.8) is 0 Å². The number of likely N-dealkylation sites (N-methyl/N-ethyl adjacent to an activating group) is 1. The normalized spacial score (nSPS) is 14.7. The molecule has 6 nitrogen and oxygen atoms in total. The molecule has 19 heavy (non-hydrogen) atoms. The van der Waals surface area contributed by atoms with Crippen molar-refractivity contribution in [1.29, 1.82) is 0 Å². The first-order chi connectivity index (χ1) is 9.11. The summed E-state index contributed by atoms with van der Waals surface area (Å²) in [5, 5.41) is 3.99. The Morgan fingerprint density at radius 3 is 2.74 bits per heavy atom. The average Bonchev–Trinajstić information content (AvgIpc) is 2.41. The number of amides is 2. The molecule has 2 rings (SSSR count). The number of aryl methyl sites for hydroxylation is 1. The average molecular weight is 260 g/mol. The molecule has 0 spiro atoms. The van der Waals surface area contributed by atoms with Gasteiger partial charge < -0.3 is 5.32 Å². The van der Waals surface area contributed by atoms with Gasteiger partial charge in [-0.05, 0) is 26.0 Å². The molecule has 0 unspecified atom stereocenters. The highest BCUT2D eigenvalue weighted by molar-refractivity contribution is 6.39. The maximum absolute atomic E-state index is 11.8. The second-order valence-corrected chi connectivity index (χ2v) is 4.20. The lowest BCUT2D eigenvalue weighted by Crippen LogP contribution is -2.55. The lowest BCUT2D eigenvalue weighted by molar-refractivity contribution is -0.118. The van der Waals surface area contributed by atoms with Gasteiger partial charge in [0, 0.05) is 6.54 Å². The monoisotopic (exact) mass is 260 g/mol. The Labute approximate surface area is 111 Å². The molecule has 0 fully saturated rings. The SMILES string of the molecule is CCNC(=O)C1=NCC(=O)N(c2ccc(C)cc2)N1. The predicted molar refractivity (Wildman–Crippen MR) is 72.8 cm³/mol. The summed E-state index contributed by atoms with van der Waals surface area (Å²) in [6, 6.07) is 7.45. The van der Waals surface area contributed by atoms with E-state index in [-0.39, 0.29) is 24.2 Å². The summed E-state index contributed by atoms with van der Waals surface area (Å²) in [4.78, 5) is 27.4. The molecule has 0 radical (unpaired) electrons. The van der Waals surface area contributed by atoms with Crippen LogP contribution in [0.1, 0.15) is 12.5 Å². The summed E-state index contributed by atoms with van der Waals surface area (Å²) >= 11 is 0. The molecule has 0 aliphatic carbocycles. The molecule has 0 atom stereocenters. The van der Waals surface area contributed by atoms with Crippen molar-refractivity contribution in [2.75, 3.05) is 18.1 Å². The quantitative estimate of drug-likeness (QED) is 0.825. The van der Waals surface area contributed by atoms with Gasteiger partial charge in [-0.25, -0.2) is 5.01 Å². The third-order valence-electron chi connectivity index (χ3n) is 2.68. The van der Waals surface area contributed by atoms with Gasteiger partial charge in [0.1, 0.15) is 6.54 Å². The van der Waals surface area contributed by atoms with Gasteiger partial charge in [-0.15, -0.1) is 0 Å². The standard InChI is InChI=1S/C13H16N4O2/c1-3-14-13(19)12-15-8-11(18)17(16-12)10-6-4-9(2)5-7-10/h4-7H,3,8H2,1-2H3,(H,14,19)(H,15,16). The maximum atomic E-state index is 11.8. The fraction of sp³-hybridized carbons (Fsp3) is 0.308. The lowest BCUT2D eigenvalue weighted by atomic mass is 10.2. The minimum atomic E-state index is -0.313. The molecule has 0 saturated heterocycles. The Hall–Kier alpha value is -2.37. The van der Waals surface area contributed by atoms with E-state index in [1.807, 2.05) is 38.1 Å². The number of aliphatic imine (C=N–C) groups is 1. The molecule has 0 bridgehead atoms. The van der Waals surface area contributed by atoms with E-state index in [2.05, 4.69) is 15.7 Å². The number of nitrogens with one attached hydrogen (secondary N) is 2. The molecule has 1 heterocycles. The van der Waals surface area contributed by atoms with Crippen LogP contribution < -0.4 is 15.8 Å². The molecule has 1 aromatic carbocycles. The zero-order chi connectivity index (χ0) is 13.8. The van der Waals surface area contributed by atoms with Gasteiger partial charge in [0.25, 0.3) is 11.8 Å². The molecule has 1 aliphatic rings. The number of carbonyl (C=O) groups is 2. The van der Waals surface area contributed by atoms with E-state index in [0.29, 0.717) is 12.2 Å². The third kappa shape index (κ3) is 2.90. The number of hydrogen-bond donors (Lipinski definition) is 2. The van der Waals surface area contributed by atoms with Crippen molar-refractivity contribution in [3.8, 4) is 0 Å². The first-order valence-corrected chi connectivity index (χ1v) is 6.10. The molecule has 1 aromatic rings. The molecule has 0 aromatic heterocycles. The molecule has 2 amide bonds. The summed E-state index contributed by atoms with van der Waals surface area (Å²) in [6.45, 7) is 4.27. The predicted octanol–water partition coefficient (Wildman–Crippen LogP) is 0.381. The number of nitrogens with zero attached hydrogens (tertiary/aromatic N) is 2. The van der Waals surface area contributed by atoms with Crippen LogP contribution in [0, 0.1) is 6.92 Å². The van der Waals surface area contributed by atoms with Crippen LogP contribution in [0.4, 0.5) is 5.69 Å². The Balaban J connectivity index is 2.18. The first-order valence-electron chi connectivity index (χ1n) is 6.10. The number of amidine groups is 1. The topological polar surface area (TPSA) is 73.8 Å². The van der Waals surface area contributed by atoms with Crippen LogP contribution in [0.25, 0.3) is 0 Å². The van der Waals surface area contributed by atoms with Crippen molar-refractivity contribution in [2.45, 2.75) is 13.8 Å². The van der Waals surface area contributed by atoms with E-state index in [1.54, 1.807) is 0 Å². The van der Waals surface area contributed by atoms with E-state index in [1.165, 1.54) is 5.01 Å². The number of rotatable bonds is 3. The summed E-state index contributed by atoms with van der Waals surface area (Å²) in [6.07, 6.45) is 0. The van der Waals surface area contributed by atoms with E-state index in [9.17, 15) is 9.59 Å². The fourth-order valence-electron chi connectivity index (χ4n) is 1.69. The number of hydrogen-bond acceptors (Lipinski definition) is 4. The smallest absolute Gasteiger partial charge is 0.288 e. The van der Waals surface area contributed by atoms with Gasteiger partial charge in [0.05, 0.1) is 5.69 Å². The molecule has 6 heteroatoms. The number of benzene rings is 1. The molecular weight excluding hydrogens is 244 g/mol. The van der Waals surface area contributed by atoms with Crippen LogP contribution in [0.3, 0.4) is 0 Å². The summed E-state index contributed by atoms with van der Waals surface area (Å²) in [7, 11) is 0. The van der Waals surface area contributed by atoms with Crippen molar-refractivity contribution < 1.29 is 9.59 Å². The number of anilines is 1. The van der Waals surface area contributed by atoms with E-state index < -0.39 is 0 Å². The van der Waals surface area contributed by atoms with Crippen LogP contribution in [0.2, 0.25) is 0 Å². The van der Waals surface area contributed by atoms with Gasteiger partial charge >= 0.3 is 0 Å².